The Labute approximate surface area is 481 Å². The van der Waals surface area contributed by atoms with Crippen LogP contribution in [0.15, 0.2) is 85.2 Å². The van der Waals surface area contributed by atoms with Gasteiger partial charge in [-0.15, -0.1) is 0 Å². The largest absolute Gasteiger partial charge is 0.464 e. The lowest BCUT2D eigenvalue weighted by Gasteiger charge is -2.38. The van der Waals surface area contributed by atoms with Crippen molar-refractivity contribution in [3.63, 3.8) is 0 Å². The van der Waals surface area contributed by atoms with Gasteiger partial charge in [0.2, 0.25) is 5.91 Å². The number of halogens is 1. The van der Waals surface area contributed by atoms with Gasteiger partial charge in [0.1, 0.15) is 23.9 Å². The number of likely N-dealkylation sites (N-methyl/N-ethyl adjacent to an activating group) is 1. The van der Waals surface area contributed by atoms with E-state index in [2.05, 4.69) is 94.2 Å². The van der Waals surface area contributed by atoms with Crippen LogP contribution in [0.3, 0.4) is 0 Å². The van der Waals surface area contributed by atoms with Crippen LogP contribution in [0.4, 0.5) is 14.9 Å². The van der Waals surface area contributed by atoms with Gasteiger partial charge in [-0.1, -0.05) is 64.1 Å². The first kappa shape index (κ1) is 56.9. The third kappa shape index (κ3) is 11.7. The maximum Gasteiger partial charge on any atom is 0.324 e. The summed E-state index contributed by atoms with van der Waals surface area (Å²) in [6, 6.07) is 21.2. The Morgan fingerprint density at radius 1 is 0.902 bits per heavy atom. The SMILES string of the molecule is CCn1c(-c2cc(N3CCN(C4CC4)CC3)cnc2[C@H](C)OC)c2c3cc(ccc31)-c1cccc(c1)C[C@H](NC(=O)[C@H](C(C)C)N(C)C(=O)N1CCC[C@H]1Cc1cc(F)cc3ncccc13)C(=O)N1CCC[C@H](N1)C(=O)OCC(C)(C)C2. The maximum atomic E-state index is 15.0. The summed E-state index contributed by atoms with van der Waals surface area (Å²) in [4.78, 5) is 76.9. The number of ether oxygens (including phenoxy) is 2. The van der Waals surface area contributed by atoms with Gasteiger partial charge in [0.15, 0.2) is 0 Å². The number of nitrogens with zero attached hydrogens (tertiary/aromatic N) is 8. The second kappa shape index (κ2) is 23.7. The van der Waals surface area contributed by atoms with Crippen LogP contribution in [0.5, 0.6) is 0 Å². The molecule has 1 aliphatic carbocycles. The average molecular weight is 1120 g/mol. The lowest BCUT2D eigenvalue weighted by molar-refractivity contribution is -0.155. The molecule has 82 heavy (non-hydrogen) atoms. The molecule has 5 atom stereocenters. The molecule has 5 aliphatic rings. The van der Waals surface area contributed by atoms with Crippen LogP contribution in [-0.2, 0) is 49.7 Å². The van der Waals surface area contributed by atoms with Crippen molar-refractivity contribution < 1.29 is 33.0 Å². The monoisotopic (exact) mass is 1120 g/mol. The number of methoxy groups -OCH3 is 1. The van der Waals surface area contributed by atoms with E-state index in [1.165, 1.54) is 34.9 Å². The van der Waals surface area contributed by atoms with E-state index in [1.54, 1.807) is 25.3 Å². The summed E-state index contributed by atoms with van der Waals surface area (Å²) >= 11 is 0. The van der Waals surface area contributed by atoms with E-state index < -0.39 is 41.3 Å². The molecule has 434 valence electrons. The highest BCUT2D eigenvalue weighted by Gasteiger charge is 2.41. The van der Waals surface area contributed by atoms with E-state index in [1.807, 2.05) is 44.3 Å². The number of aromatic nitrogens is 3. The van der Waals surface area contributed by atoms with E-state index in [4.69, 9.17) is 14.5 Å². The number of urea groups is 1. The number of anilines is 1. The molecule has 3 aromatic heterocycles. The van der Waals surface area contributed by atoms with Crippen molar-refractivity contribution in [2.45, 2.75) is 142 Å². The molecule has 3 saturated heterocycles. The van der Waals surface area contributed by atoms with Gasteiger partial charge in [-0.3, -0.25) is 34.3 Å². The summed E-state index contributed by atoms with van der Waals surface area (Å²) in [6.45, 7) is 17.9. The lowest BCUT2D eigenvalue weighted by atomic mass is 9.84. The first-order chi connectivity index (χ1) is 39.5. The van der Waals surface area contributed by atoms with Gasteiger partial charge in [0.05, 0.1) is 41.5 Å². The number of benzene rings is 3. The minimum atomic E-state index is -1.08. The van der Waals surface area contributed by atoms with Crippen molar-refractivity contribution in [1.29, 1.82) is 0 Å². The molecule has 6 bridgehead atoms. The summed E-state index contributed by atoms with van der Waals surface area (Å²) in [5.74, 6) is -2.03. The van der Waals surface area contributed by atoms with Gasteiger partial charge in [-0.05, 0) is 129 Å². The first-order valence-electron chi connectivity index (χ1n) is 29.9. The molecule has 7 heterocycles. The minimum Gasteiger partial charge on any atom is -0.464 e. The molecule has 0 radical (unpaired) electrons. The lowest BCUT2D eigenvalue weighted by Crippen LogP contribution is -2.62. The summed E-state index contributed by atoms with van der Waals surface area (Å²) in [6.07, 6.45) is 9.59. The number of carbonyl (C=O) groups excluding carboxylic acids is 4. The van der Waals surface area contributed by atoms with Crippen LogP contribution >= 0.6 is 0 Å². The Balaban J connectivity index is 0.932. The maximum absolute atomic E-state index is 15.0. The van der Waals surface area contributed by atoms with Crippen LogP contribution in [0, 0.1) is 17.2 Å². The molecule has 0 spiro atoms. The molecule has 17 heteroatoms. The normalized spacial score (nSPS) is 21.6. The van der Waals surface area contributed by atoms with Gasteiger partial charge >= 0.3 is 12.0 Å². The Hall–Kier alpha value is -6.95. The number of nitrogens with one attached hydrogen (secondary N) is 2. The number of aryl methyl sites for hydroxylation is 1. The predicted molar refractivity (Wildman–Crippen MR) is 317 cm³/mol. The van der Waals surface area contributed by atoms with Crippen molar-refractivity contribution in [2.24, 2.45) is 11.3 Å². The van der Waals surface area contributed by atoms with Crippen LogP contribution in [0.2, 0.25) is 0 Å². The van der Waals surface area contributed by atoms with Crippen molar-refractivity contribution in [3.05, 3.63) is 113 Å². The third-order valence-electron chi connectivity index (χ3n) is 17.9. The number of hydrazine groups is 1. The zero-order valence-electron chi connectivity index (χ0n) is 49.1. The van der Waals surface area contributed by atoms with Crippen molar-refractivity contribution in [2.75, 3.05) is 64.9 Å². The number of esters is 1. The number of piperazine rings is 1. The molecule has 3 aromatic carbocycles. The molecule has 2 N–H and O–H groups in total. The van der Waals surface area contributed by atoms with Crippen molar-refractivity contribution >= 4 is 51.3 Å². The minimum absolute atomic E-state index is 0.127. The van der Waals surface area contributed by atoms with Crippen LogP contribution < -0.4 is 15.6 Å². The number of hydrogen-bond acceptors (Lipinski definition) is 11. The van der Waals surface area contributed by atoms with Gasteiger partial charge < -0.3 is 34.1 Å². The molecule has 16 nitrogen and oxygen atoms in total. The van der Waals surface area contributed by atoms with Crippen LogP contribution in [0.1, 0.15) is 109 Å². The molecule has 0 unspecified atom stereocenters. The van der Waals surface area contributed by atoms with E-state index in [-0.39, 0.29) is 42.9 Å². The number of rotatable bonds is 12. The third-order valence-corrected chi connectivity index (χ3v) is 17.9. The zero-order chi connectivity index (χ0) is 57.6. The van der Waals surface area contributed by atoms with Crippen molar-refractivity contribution in [3.8, 4) is 22.4 Å². The van der Waals surface area contributed by atoms with Gasteiger partial charge in [0, 0.05) is 118 Å². The Bertz CT molecular complexity index is 3370. The van der Waals surface area contributed by atoms with E-state index in [0.717, 1.165) is 112 Å². The molecular formula is C65H81FN10O6. The fourth-order valence-corrected chi connectivity index (χ4v) is 13.4. The summed E-state index contributed by atoms with van der Waals surface area (Å²) in [5.41, 5.74) is 13.0. The van der Waals surface area contributed by atoms with Crippen LogP contribution in [0.25, 0.3) is 44.2 Å². The zero-order valence-corrected chi connectivity index (χ0v) is 49.1. The molecule has 11 rings (SSSR count). The molecular weight excluding hydrogens is 1040 g/mol. The highest BCUT2D eigenvalue weighted by atomic mass is 19.1. The van der Waals surface area contributed by atoms with Gasteiger partial charge in [-0.2, -0.15) is 0 Å². The Morgan fingerprint density at radius 3 is 2.44 bits per heavy atom. The second-order valence-electron chi connectivity index (χ2n) is 24.7. The summed E-state index contributed by atoms with van der Waals surface area (Å²) in [7, 11) is 3.38. The molecule has 4 aliphatic heterocycles. The predicted octanol–water partition coefficient (Wildman–Crippen LogP) is 9.50. The smallest absolute Gasteiger partial charge is 0.324 e. The highest BCUT2D eigenvalue weighted by molar-refractivity contribution is 5.96. The number of likely N-dealkylation sites (tertiary alicyclic amines) is 1. The number of pyridine rings is 2. The fourth-order valence-electron chi connectivity index (χ4n) is 13.4. The van der Waals surface area contributed by atoms with Gasteiger partial charge in [-0.25, -0.2) is 14.6 Å². The molecule has 1 saturated carbocycles. The second-order valence-corrected chi connectivity index (χ2v) is 24.7. The van der Waals surface area contributed by atoms with Gasteiger partial charge in [0.25, 0.3) is 5.91 Å². The van der Waals surface area contributed by atoms with E-state index >= 15 is 4.79 Å². The molecule has 6 aromatic rings. The topological polar surface area (TPSA) is 158 Å². The standard InChI is InChI=1S/C65H81FN10O6/c1-9-74-57-22-19-44-34-51(57)53(60(74)52-36-49(38-68-58(52)41(4)81-8)73-28-26-72(27-29-73)47-20-21-47)37-65(5,6)39-82-63(79)54-18-13-25-76(70-54)62(78)56(31-42-14-10-15-43(44)30-42)69-61(77)59(40(2)3)71(7)64(80)75-24-12-16-48(75)33-45-32-46(66)35-55-50(45)17-11-23-67-55/h10-11,14-15,17,19,22-23,30,32,34-36,38,40-41,47-48,54,56,59,70H,9,12-13,16,18,20-21,24-29,31,33,37,39H2,1-8H3,(H,69,77)/t41-,48-,54-,56-,59-/m0/s1. The summed E-state index contributed by atoms with van der Waals surface area (Å²) < 4.78 is 29.6. The van der Waals surface area contributed by atoms with E-state index in [0.29, 0.717) is 50.8 Å². The fraction of sp³-hybridized carbons (Fsp3) is 0.508. The number of carbonyl (C=O) groups is 4. The average Bonchev–Trinajstić information content (AvgIpc) is 4.28. The molecule has 4 amide bonds. The quantitative estimate of drug-likeness (QED) is 0.113. The number of fused-ring (bicyclic) bond motifs is 7. The summed E-state index contributed by atoms with van der Waals surface area (Å²) in [5, 5.41) is 6.53. The number of hydrogen-bond donors (Lipinski definition) is 2. The Morgan fingerprint density at radius 2 is 1.68 bits per heavy atom. The van der Waals surface area contributed by atoms with E-state index in [9.17, 15) is 18.8 Å². The number of cyclic esters (lactones) is 1. The highest BCUT2D eigenvalue weighted by Crippen LogP contribution is 2.43. The molecule has 4 fully saturated rings. The number of amides is 4. The Kier molecular flexibility index (Phi) is 16.5. The van der Waals surface area contributed by atoms with Crippen LogP contribution in [-0.4, -0.2) is 148 Å². The van der Waals surface area contributed by atoms with Crippen molar-refractivity contribution in [1.82, 2.24) is 45.0 Å². The first-order valence-corrected chi connectivity index (χ1v) is 29.9.